The van der Waals surface area contributed by atoms with E-state index in [1.165, 1.54) is 137 Å². The zero-order chi connectivity index (χ0) is 88.6. The average molecular weight is 1700 g/mol. The number of ether oxygens (including phenoxy) is 1. The van der Waals surface area contributed by atoms with E-state index in [0.717, 1.165) is 81.6 Å². The highest BCUT2D eigenvalue weighted by atomic mass is 19.4. The third-order valence-electron chi connectivity index (χ3n) is 20.2. The first-order chi connectivity index (χ1) is 59.0. The summed E-state index contributed by atoms with van der Waals surface area (Å²) in [4.78, 5) is 156. The Morgan fingerprint density at radius 3 is 1.54 bits per heavy atom. The Bertz CT molecular complexity index is 6130. The fourth-order valence-electron chi connectivity index (χ4n) is 13.5. The lowest BCUT2D eigenvalue weighted by molar-refractivity contribution is -0.137. The molecule has 0 unspecified atom stereocenters. The number of carbonyl (C=O) groups excluding carboxylic acids is 6. The molecule has 12 aromatic rings. The molecule has 35 nitrogen and oxygen atoms in total. The highest BCUT2D eigenvalue weighted by Gasteiger charge is 2.30. The molecule has 2 aliphatic rings. The summed E-state index contributed by atoms with van der Waals surface area (Å²) in [7, 11) is 3.77. The molecule has 0 spiro atoms. The number of hydrogen-bond donors (Lipinski definition) is 13. The second kappa shape index (κ2) is 43.1. The van der Waals surface area contributed by atoms with Gasteiger partial charge in [0.05, 0.1) is 81.5 Å². The van der Waals surface area contributed by atoms with E-state index >= 15 is 0 Å². The van der Waals surface area contributed by atoms with Gasteiger partial charge in [0.1, 0.15) is 5.82 Å². The first kappa shape index (κ1) is 91.7. The minimum atomic E-state index is -4.46. The number of benzene rings is 7. The monoisotopic (exact) mass is 1690 g/mol. The molecule has 646 valence electrons. The number of halogens is 3. The molecule has 7 aromatic carbocycles. The van der Waals surface area contributed by atoms with Crippen molar-refractivity contribution in [3.8, 4) is 11.4 Å². The summed E-state index contributed by atoms with van der Waals surface area (Å²) < 4.78 is 50.2. The Labute approximate surface area is 698 Å². The lowest BCUT2D eigenvalue weighted by atomic mass is 10.1. The Kier molecular flexibility index (Phi) is 32.1. The van der Waals surface area contributed by atoms with Crippen LogP contribution in [-0.2, 0) is 37.1 Å². The summed E-state index contributed by atoms with van der Waals surface area (Å²) in [6, 6.07) is 36.0. The van der Waals surface area contributed by atoms with Crippen molar-refractivity contribution in [2.45, 2.75) is 104 Å². The Hall–Kier alpha value is -13.6. The van der Waals surface area contributed by atoms with Crippen LogP contribution in [-0.4, -0.2) is 176 Å². The van der Waals surface area contributed by atoms with Gasteiger partial charge in [-0.3, -0.25) is 92.5 Å². The second-order valence-corrected chi connectivity index (χ2v) is 29.2. The molecule has 0 bridgehead atoms. The van der Waals surface area contributed by atoms with Gasteiger partial charge >= 0.3 is 6.18 Å². The molecule has 38 heteroatoms. The van der Waals surface area contributed by atoms with Crippen LogP contribution in [0.4, 0.5) is 18.9 Å². The third kappa shape index (κ3) is 23.9. The first-order valence-electron chi connectivity index (χ1n) is 39.2. The van der Waals surface area contributed by atoms with E-state index in [1.807, 2.05) is 44.1 Å². The van der Waals surface area contributed by atoms with Crippen molar-refractivity contribution in [3.05, 3.63) is 261 Å². The second-order valence-electron chi connectivity index (χ2n) is 29.2. The van der Waals surface area contributed by atoms with Crippen LogP contribution in [0.5, 0.6) is 0 Å². The van der Waals surface area contributed by atoms with E-state index in [0.29, 0.717) is 77.1 Å². The summed E-state index contributed by atoms with van der Waals surface area (Å²) in [6.07, 6.45) is 7.62. The highest BCUT2D eigenvalue weighted by Crippen LogP contribution is 2.30. The van der Waals surface area contributed by atoms with Gasteiger partial charge < -0.3 is 34.7 Å². The molecule has 2 saturated heterocycles. The number of anilines is 1. The van der Waals surface area contributed by atoms with Crippen molar-refractivity contribution in [3.63, 3.8) is 0 Å². The van der Waals surface area contributed by atoms with E-state index in [-0.39, 0.29) is 90.5 Å². The minimum Gasteiger partial charge on any atom is -0.380 e. The zero-order valence-electron chi connectivity index (χ0n) is 67.7. The van der Waals surface area contributed by atoms with E-state index in [9.17, 15) is 65.9 Å². The van der Waals surface area contributed by atoms with Crippen LogP contribution >= 0.6 is 0 Å². The van der Waals surface area contributed by atoms with Crippen molar-refractivity contribution in [2.24, 2.45) is 5.92 Å². The van der Waals surface area contributed by atoms with Gasteiger partial charge in [0.25, 0.3) is 63.2 Å². The van der Waals surface area contributed by atoms with Crippen molar-refractivity contribution in [2.75, 3.05) is 64.9 Å². The van der Waals surface area contributed by atoms with Crippen LogP contribution in [0.15, 0.2) is 188 Å². The maximum atomic E-state index is 13.5. The predicted molar refractivity (Wildman–Crippen MR) is 449 cm³/mol. The predicted octanol–water partition coefficient (Wildman–Crippen LogP) is 7.95. The topological polar surface area (TPSA) is 476 Å². The van der Waals surface area contributed by atoms with Crippen LogP contribution in [0.3, 0.4) is 0 Å². The van der Waals surface area contributed by atoms with Gasteiger partial charge in [-0.15, -0.1) is 0 Å². The number of fused-ring (bicyclic) bond motifs is 5. The molecule has 2 fully saturated rings. The lowest BCUT2D eigenvalue weighted by Gasteiger charge is -2.26. The van der Waals surface area contributed by atoms with Crippen molar-refractivity contribution in [1.82, 2.24) is 86.1 Å². The van der Waals surface area contributed by atoms with Crippen molar-refractivity contribution in [1.29, 1.82) is 0 Å². The minimum absolute atomic E-state index is 0.0104. The average Bonchev–Trinajstić information content (AvgIpc) is 0.784. The number of hydroxylamine groups is 5. The third-order valence-corrected chi connectivity index (χ3v) is 20.2. The lowest BCUT2D eigenvalue weighted by Crippen LogP contribution is -2.43. The Morgan fingerprint density at radius 2 is 1.02 bits per heavy atom. The van der Waals surface area contributed by atoms with Crippen LogP contribution in [0, 0.1) is 5.92 Å². The molecule has 5 aromatic heterocycles. The number of piperidine rings is 2. The van der Waals surface area contributed by atoms with Gasteiger partial charge in [0.15, 0.2) is 5.82 Å². The van der Waals surface area contributed by atoms with Crippen LogP contribution in [0.1, 0.15) is 139 Å². The molecule has 123 heavy (non-hydrogen) atoms. The number of aromatic nitrogens is 9. The molecule has 14 rings (SSSR count). The summed E-state index contributed by atoms with van der Waals surface area (Å²) in [5, 5.41) is 52.2. The largest absolute Gasteiger partial charge is 0.416 e. The van der Waals surface area contributed by atoms with Gasteiger partial charge in [0.2, 0.25) is 0 Å². The number of pyridine rings is 1. The molecular formula is C85H93F3N18O17. The number of nitrogens with one attached hydrogen (secondary N) is 8. The Morgan fingerprint density at radius 1 is 0.537 bits per heavy atom. The van der Waals surface area contributed by atoms with E-state index in [2.05, 4.69) is 54.3 Å². The van der Waals surface area contributed by atoms with E-state index in [4.69, 9.17) is 30.8 Å². The van der Waals surface area contributed by atoms with Crippen LogP contribution in [0.2, 0.25) is 0 Å². The van der Waals surface area contributed by atoms with Gasteiger partial charge in [0, 0.05) is 97.0 Å². The standard InChI is InChI=1S/C25H21F3N4O3.C17H21N3O3.C15H17N5O4.C15H19N3O3.C13H15N3O4/c1-31(2)19-10-5-16(6-11-19)22-29-21-13-17(23(33)30-35)7-12-20(21)24(34)32(22)14-15-3-8-18(9-4-15)25(26,27)28;21-16(18-23)14-5-4-13-6-9-20(17(22)15(13)12-14)11-10-19-7-2-1-3-8-19;21-13(20-24)8-1-2-10-11(7-8)18-12(19-14(10)22)15(23)17-9-3-5-16-6-4-9;1-10(2)4-3-7-18-9-16-13-8-11(14(19)17-21)5-6-12(13)15(18)20;1-2-20-6-5-16-8-14-11-7-9(12(17)15-19)3-4-10(11)13(16)18/h3-13,35H,14H2,1-2H3,(H,30,33);4-6,9,12,23H,1-3,7-8,10-11H2,(H,18,21);1-2,7,9,16,24H,3-6H2,(H,17,23)(H,20,21)(H,18,19,22);5-6,8-10,21H,3-4,7H2,1-2H3,(H,17,19);3-4,7-8,19H,2,5-6H2,1H3,(H,15,17). The number of rotatable bonds is 22. The van der Waals surface area contributed by atoms with Gasteiger partial charge in [-0.2, -0.15) is 13.2 Å². The van der Waals surface area contributed by atoms with Crippen molar-refractivity contribution < 1.29 is 72.7 Å². The molecule has 2 aliphatic heterocycles. The number of alkyl halides is 3. The summed E-state index contributed by atoms with van der Waals surface area (Å²) in [6.45, 7) is 13.6. The van der Waals surface area contributed by atoms with Gasteiger partial charge in [-0.1, -0.05) is 38.5 Å². The van der Waals surface area contributed by atoms with E-state index < -0.39 is 58.3 Å². The molecule has 13 N–H and O–H groups in total. The summed E-state index contributed by atoms with van der Waals surface area (Å²) in [5.41, 5.74) is 10.0. The SMILES string of the molecule is CC(C)CCCn1cnc2cc(C(=O)NO)ccc2c1=O.CCOCCn1cnc2cc(C(=O)NO)ccc2c1=O.CN(C)c1ccc(-c2nc3cc(C(=O)NO)ccc3c(=O)n2Cc2ccc(C(F)(F)F)cc2)cc1.O=C(NO)c1ccc2c(=O)[nH]c(C(=O)NC3CCNCC3)nc2c1.O=C(NO)c1ccc2ccn(CCN3CCCCC3)c(=O)c2c1. The number of H-pyrrole nitrogens is 1. The van der Waals surface area contributed by atoms with Gasteiger partial charge in [-0.25, -0.2) is 47.3 Å². The molecule has 6 amide bonds. The number of aryl methyl sites for hydroxylation is 1. The fraction of sp³-hybridized carbons (Fsp3) is 0.306. The quantitative estimate of drug-likeness (QED) is 0.0174. The summed E-state index contributed by atoms with van der Waals surface area (Å²) in [5.74, 6) is -3.03. The molecular weight excluding hydrogens is 1600 g/mol. The summed E-state index contributed by atoms with van der Waals surface area (Å²) >= 11 is 0. The van der Waals surface area contributed by atoms with E-state index in [1.54, 1.807) is 62.1 Å². The molecule has 0 atom stereocenters. The molecule has 0 radical (unpaired) electrons. The maximum Gasteiger partial charge on any atom is 0.416 e. The normalized spacial score (nSPS) is 12.8. The van der Waals surface area contributed by atoms with Gasteiger partial charge in [-0.05, 0) is 216 Å². The van der Waals surface area contributed by atoms with Crippen molar-refractivity contribution >= 4 is 95.5 Å². The number of carbonyl (C=O) groups is 6. The smallest absolute Gasteiger partial charge is 0.380 e. The molecule has 0 aliphatic carbocycles. The number of aromatic amines is 1. The Balaban J connectivity index is 0.000000164. The number of nitrogens with zero attached hydrogens (tertiary/aromatic N) is 10. The number of likely N-dealkylation sites (tertiary alicyclic amines) is 1. The van der Waals surface area contributed by atoms with Crippen LogP contribution in [0.25, 0.3) is 65.8 Å². The van der Waals surface area contributed by atoms with Crippen LogP contribution < -0.4 is 70.7 Å². The zero-order valence-corrected chi connectivity index (χ0v) is 67.7. The molecule has 7 heterocycles. The fourth-order valence-corrected chi connectivity index (χ4v) is 13.5. The highest BCUT2D eigenvalue weighted by molar-refractivity contribution is 6.01. The molecule has 0 saturated carbocycles. The first-order valence-corrected chi connectivity index (χ1v) is 39.2. The number of amides is 6. The number of hydrogen-bond acceptors (Lipinski definition) is 24. The maximum absolute atomic E-state index is 13.5.